The Balaban J connectivity index is 1.81. The largest absolute Gasteiger partial charge is 0.481 e. The number of benzene rings is 1. The number of amidine groups is 1. The molecule has 1 aromatic carbocycles. The predicted molar refractivity (Wildman–Crippen MR) is 143 cm³/mol. The number of esters is 1. The average Bonchev–Trinajstić information content (AvgIpc) is 3.46. The van der Waals surface area contributed by atoms with Gasteiger partial charge in [0.1, 0.15) is 11.9 Å². The van der Waals surface area contributed by atoms with Crippen LogP contribution in [-0.2, 0) is 14.3 Å². The van der Waals surface area contributed by atoms with Gasteiger partial charge in [-0.1, -0.05) is 22.0 Å². The number of halogens is 4. The first-order chi connectivity index (χ1) is 18.3. The molecule has 2 atom stereocenters. The van der Waals surface area contributed by atoms with Gasteiger partial charge in [0.25, 0.3) is 5.92 Å². The minimum Gasteiger partial charge on any atom is -0.481 e. The number of aliphatic imine (C=N–C) groups is 1. The fourth-order valence-electron chi connectivity index (χ4n) is 4.80. The molecular weight excluding hydrogens is 601 g/mol. The lowest BCUT2D eigenvalue weighted by Gasteiger charge is -2.33. The van der Waals surface area contributed by atoms with E-state index in [0.29, 0.717) is 20.9 Å². The second kappa shape index (κ2) is 11.4. The Bertz CT molecular complexity index is 1320. The molecule has 3 heterocycles. The maximum Gasteiger partial charge on any atom is 0.338 e. The van der Waals surface area contributed by atoms with E-state index in [-0.39, 0.29) is 30.8 Å². The number of nitrogens with zero attached hydrogens (tertiary/aromatic N) is 3. The smallest absolute Gasteiger partial charge is 0.338 e. The van der Waals surface area contributed by atoms with Crippen LogP contribution in [0.5, 0.6) is 0 Å². The van der Waals surface area contributed by atoms with E-state index in [1.54, 1.807) is 18.5 Å². The van der Waals surface area contributed by atoms with Crippen LogP contribution in [0.4, 0.5) is 13.2 Å². The molecule has 1 saturated heterocycles. The van der Waals surface area contributed by atoms with Gasteiger partial charge in [-0.15, -0.1) is 11.3 Å². The molecule has 0 aliphatic carbocycles. The van der Waals surface area contributed by atoms with Gasteiger partial charge in [-0.3, -0.25) is 14.7 Å². The molecule has 8 nitrogen and oxygen atoms in total. The van der Waals surface area contributed by atoms with Crippen molar-refractivity contribution in [3.05, 3.63) is 61.9 Å². The molecule has 1 fully saturated rings. The standard InChI is InChI=1S/C26H28BrF3N4O4S/c1-4-38-23(35)19-18(12-34-13-26(29,30)11-15(34)10-25(2,3)24(36)37)32-21(22-31-7-8-39-22)33-20(19)16-6-5-14(28)9-17(16)27/h5-9,15,20H,4,10-13H2,1-3H3,(H,32,33)(H,36,37)/t15-,20+/m1/s1. The van der Waals surface area contributed by atoms with Crippen molar-refractivity contribution in [3.8, 4) is 0 Å². The van der Waals surface area contributed by atoms with Crippen LogP contribution < -0.4 is 5.32 Å². The lowest BCUT2D eigenvalue weighted by Crippen LogP contribution is -2.43. The molecule has 0 amide bonds. The van der Waals surface area contributed by atoms with Crippen molar-refractivity contribution in [1.29, 1.82) is 0 Å². The third-order valence-electron chi connectivity index (χ3n) is 6.68. The lowest BCUT2D eigenvalue weighted by atomic mass is 9.85. The van der Waals surface area contributed by atoms with Crippen molar-refractivity contribution in [3.63, 3.8) is 0 Å². The average molecular weight is 629 g/mol. The summed E-state index contributed by atoms with van der Waals surface area (Å²) in [6.07, 6.45) is 1.06. The van der Waals surface area contributed by atoms with Gasteiger partial charge in [0.15, 0.2) is 10.8 Å². The van der Waals surface area contributed by atoms with Gasteiger partial charge in [0.05, 0.1) is 24.1 Å². The van der Waals surface area contributed by atoms with Crippen molar-refractivity contribution in [2.45, 2.75) is 51.6 Å². The number of carbonyl (C=O) groups excluding carboxylic acids is 1. The van der Waals surface area contributed by atoms with Crippen LogP contribution in [0.15, 0.2) is 50.5 Å². The van der Waals surface area contributed by atoms with Crippen LogP contribution in [0.1, 0.15) is 50.2 Å². The molecule has 0 bridgehead atoms. The van der Waals surface area contributed by atoms with Gasteiger partial charge in [-0.2, -0.15) is 0 Å². The van der Waals surface area contributed by atoms with E-state index in [4.69, 9.17) is 9.73 Å². The van der Waals surface area contributed by atoms with Crippen molar-refractivity contribution < 1.29 is 32.6 Å². The van der Waals surface area contributed by atoms with E-state index >= 15 is 0 Å². The molecule has 1 aromatic heterocycles. The molecule has 0 unspecified atom stereocenters. The molecule has 2 aromatic rings. The SMILES string of the molecule is CCOC(=O)C1=C(CN2CC(F)(F)C[C@H]2CC(C)(C)C(=O)O)NC(c2nccs2)=N[C@H]1c1ccc(F)cc1Br. The van der Waals surface area contributed by atoms with E-state index in [9.17, 15) is 27.9 Å². The first-order valence-corrected chi connectivity index (χ1v) is 13.9. The molecule has 0 saturated carbocycles. The fraction of sp³-hybridized carbons (Fsp3) is 0.462. The molecule has 2 aliphatic heterocycles. The van der Waals surface area contributed by atoms with Crippen LogP contribution >= 0.6 is 27.3 Å². The summed E-state index contributed by atoms with van der Waals surface area (Å²) in [6, 6.07) is 2.28. The number of alkyl halides is 2. The third-order valence-corrected chi connectivity index (χ3v) is 8.15. The number of likely N-dealkylation sites (tertiary alicyclic amines) is 1. The number of thiazole rings is 1. The van der Waals surface area contributed by atoms with Gasteiger partial charge >= 0.3 is 11.9 Å². The summed E-state index contributed by atoms with van der Waals surface area (Å²) in [6.45, 7) is 3.98. The van der Waals surface area contributed by atoms with Crippen LogP contribution in [0.2, 0.25) is 0 Å². The van der Waals surface area contributed by atoms with Crippen molar-refractivity contribution >= 4 is 45.0 Å². The van der Waals surface area contributed by atoms with Crippen molar-refractivity contribution in [2.24, 2.45) is 10.4 Å². The van der Waals surface area contributed by atoms with Gasteiger partial charge in [0, 0.05) is 40.8 Å². The van der Waals surface area contributed by atoms with Crippen LogP contribution in [-0.4, -0.2) is 64.4 Å². The summed E-state index contributed by atoms with van der Waals surface area (Å²) in [7, 11) is 0. The number of carboxylic acids is 1. The Labute approximate surface area is 236 Å². The lowest BCUT2D eigenvalue weighted by molar-refractivity contribution is -0.148. The molecule has 0 spiro atoms. The second-order valence-corrected chi connectivity index (χ2v) is 11.9. The number of hydrogen-bond donors (Lipinski definition) is 2. The number of carboxylic acid groups (broad SMARTS) is 1. The summed E-state index contributed by atoms with van der Waals surface area (Å²) < 4.78 is 49.0. The molecule has 210 valence electrons. The first kappa shape index (κ1) is 29.2. The number of ether oxygens (including phenoxy) is 1. The third kappa shape index (κ3) is 6.52. The topological polar surface area (TPSA) is 104 Å². The van der Waals surface area contributed by atoms with Crippen LogP contribution in [0, 0.1) is 11.2 Å². The van der Waals surface area contributed by atoms with Crippen molar-refractivity contribution in [2.75, 3.05) is 19.7 Å². The molecule has 2 N–H and O–H groups in total. The number of rotatable bonds is 9. The maximum absolute atomic E-state index is 14.7. The number of aromatic nitrogens is 1. The highest BCUT2D eigenvalue weighted by atomic mass is 79.9. The van der Waals surface area contributed by atoms with E-state index in [0.717, 1.165) is 0 Å². The highest BCUT2D eigenvalue weighted by molar-refractivity contribution is 9.10. The number of hydrogen-bond acceptors (Lipinski definition) is 8. The molecule has 4 rings (SSSR count). The highest BCUT2D eigenvalue weighted by Gasteiger charge is 2.48. The zero-order valence-corrected chi connectivity index (χ0v) is 23.9. The van der Waals surface area contributed by atoms with E-state index in [1.165, 1.54) is 48.3 Å². The van der Waals surface area contributed by atoms with E-state index in [2.05, 4.69) is 26.2 Å². The van der Waals surface area contributed by atoms with Gasteiger partial charge in [0.2, 0.25) is 0 Å². The van der Waals surface area contributed by atoms with Gasteiger partial charge < -0.3 is 15.2 Å². The molecule has 39 heavy (non-hydrogen) atoms. The summed E-state index contributed by atoms with van der Waals surface area (Å²) in [4.78, 5) is 35.6. The quantitative estimate of drug-likeness (QED) is 0.370. The maximum atomic E-state index is 14.7. The first-order valence-electron chi connectivity index (χ1n) is 12.3. The number of carbonyl (C=O) groups is 2. The minimum atomic E-state index is -3.04. The van der Waals surface area contributed by atoms with Crippen molar-refractivity contribution in [1.82, 2.24) is 15.2 Å². The van der Waals surface area contributed by atoms with Gasteiger partial charge in [-0.25, -0.2) is 22.9 Å². The Morgan fingerprint density at radius 1 is 1.36 bits per heavy atom. The second-order valence-electron chi connectivity index (χ2n) is 10.1. The zero-order chi connectivity index (χ0) is 28.5. The summed E-state index contributed by atoms with van der Waals surface area (Å²) in [5.41, 5.74) is -0.388. The van der Waals surface area contributed by atoms with E-state index < -0.39 is 54.1 Å². The Hall–Kier alpha value is -2.77. The Morgan fingerprint density at radius 2 is 2.10 bits per heavy atom. The number of aliphatic carboxylic acids is 1. The highest BCUT2D eigenvalue weighted by Crippen LogP contribution is 2.41. The van der Waals surface area contributed by atoms with Crippen LogP contribution in [0.25, 0.3) is 0 Å². The Kier molecular flexibility index (Phi) is 8.52. The molecular formula is C26H28BrF3N4O4S. The fourth-order valence-corrected chi connectivity index (χ4v) is 5.95. The van der Waals surface area contributed by atoms with Crippen LogP contribution in [0.3, 0.4) is 0 Å². The molecule has 13 heteroatoms. The summed E-state index contributed by atoms with van der Waals surface area (Å²) in [5.74, 6) is -4.99. The minimum absolute atomic E-state index is 0.0136. The summed E-state index contributed by atoms with van der Waals surface area (Å²) in [5, 5.41) is 15.0. The predicted octanol–water partition coefficient (Wildman–Crippen LogP) is 5.16. The molecule has 2 aliphatic rings. The molecule has 0 radical (unpaired) electrons. The summed E-state index contributed by atoms with van der Waals surface area (Å²) >= 11 is 4.66. The zero-order valence-electron chi connectivity index (χ0n) is 21.5. The normalized spacial score (nSPS) is 21.5. The van der Waals surface area contributed by atoms with Gasteiger partial charge in [-0.05, 0) is 44.9 Å². The number of nitrogens with one attached hydrogen (secondary N) is 1. The van der Waals surface area contributed by atoms with E-state index in [1.807, 2.05) is 0 Å². The Morgan fingerprint density at radius 3 is 2.72 bits per heavy atom. The monoisotopic (exact) mass is 628 g/mol.